The van der Waals surface area contributed by atoms with Crippen molar-refractivity contribution in [1.82, 2.24) is 14.6 Å². The number of oxazole rings is 1. The van der Waals surface area contributed by atoms with Crippen LogP contribution in [0.25, 0.3) is 11.1 Å². The van der Waals surface area contributed by atoms with E-state index in [0.29, 0.717) is 17.4 Å². The van der Waals surface area contributed by atoms with Gasteiger partial charge in [-0.2, -0.15) is 0 Å². The third-order valence-electron chi connectivity index (χ3n) is 6.61. The topological polar surface area (TPSA) is 110 Å². The van der Waals surface area contributed by atoms with Crippen molar-refractivity contribution in [3.63, 3.8) is 0 Å². The fourth-order valence-corrected chi connectivity index (χ4v) is 5.44. The number of carbonyl (C=O) groups is 1. The molecule has 1 heterocycles. The molecule has 3 atom stereocenters. The highest BCUT2D eigenvalue weighted by Gasteiger charge is 2.28. The molecule has 0 saturated heterocycles. The van der Waals surface area contributed by atoms with Gasteiger partial charge in [-0.25, -0.2) is 17.9 Å². The van der Waals surface area contributed by atoms with E-state index in [1.54, 1.807) is 0 Å². The molecule has 0 spiro atoms. The van der Waals surface area contributed by atoms with E-state index in [-0.39, 0.29) is 35.5 Å². The van der Waals surface area contributed by atoms with Crippen LogP contribution in [0, 0.1) is 11.8 Å². The molecule has 176 valence electrons. The Morgan fingerprint density at radius 3 is 2.64 bits per heavy atom. The van der Waals surface area contributed by atoms with E-state index in [4.69, 9.17) is 4.42 Å². The van der Waals surface area contributed by atoms with Crippen molar-refractivity contribution in [2.45, 2.75) is 57.1 Å². The Bertz CT molecular complexity index is 1300. The van der Waals surface area contributed by atoms with Crippen molar-refractivity contribution >= 4 is 27.0 Å². The molecule has 1 aliphatic carbocycles. The van der Waals surface area contributed by atoms with E-state index >= 15 is 0 Å². The molecule has 0 radical (unpaired) electrons. The van der Waals surface area contributed by atoms with E-state index in [1.165, 1.54) is 22.8 Å². The van der Waals surface area contributed by atoms with Crippen molar-refractivity contribution < 1.29 is 17.6 Å². The molecule has 1 saturated carbocycles. The third kappa shape index (κ3) is 5.20. The highest BCUT2D eigenvalue weighted by atomic mass is 32.2. The second-order valence-electron chi connectivity index (χ2n) is 8.84. The fraction of sp³-hybridized carbons (Fsp3) is 0.417. The summed E-state index contributed by atoms with van der Waals surface area (Å²) in [4.78, 5) is 25.0. The van der Waals surface area contributed by atoms with Crippen LogP contribution in [0.1, 0.15) is 38.7 Å². The van der Waals surface area contributed by atoms with Crippen molar-refractivity contribution in [2.24, 2.45) is 11.8 Å². The van der Waals surface area contributed by atoms with E-state index in [0.717, 1.165) is 24.8 Å². The molecule has 1 aromatic heterocycles. The highest BCUT2D eigenvalue weighted by molar-refractivity contribution is 7.89. The molecular formula is C24H29N3O5S. The van der Waals surface area contributed by atoms with Gasteiger partial charge in [-0.1, -0.05) is 57.0 Å². The van der Waals surface area contributed by atoms with Crippen LogP contribution in [0.3, 0.4) is 0 Å². The number of fused-ring (bicyclic) bond motifs is 1. The normalized spacial score (nSPS) is 21.2. The number of nitrogens with one attached hydrogen (secondary N) is 2. The number of amides is 1. The van der Waals surface area contributed by atoms with Crippen LogP contribution in [0.5, 0.6) is 0 Å². The van der Waals surface area contributed by atoms with Gasteiger partial charge in [0.1, 0.15) is 6.54 Å². The van der Waals surface area contributed by atoms with E-state index in [2.05, 4.69) is 23.9 Å². The fourth-order valence-electron chi connectivity index (χ4n) is 4.40. The van der Waals surface area contributed by atoms with Crippen LogP contribution < -0.4 is 15.8 Å². The van der Waals surface area contributed by atoms with Crippen molar-refractivity contribution in [1.29, 1.82) is 0 Å². The van der Waals surface area contributed by atoms with Gasteiger partial charge < -0.3 is 9.73 Å². The molecule has 3 aromatic rings. The minimum atomic E-state index is -3.81. The number of hydrogen-bond donors (Lipinski definition) is 2. The van der Waals surface area contributed by atoms with Crippen molar-refractivity contribution in [2.75, 3.05) is 0 Å². The maximum atomic E-state index is 12.7. The third-order valence-corrected chi connectivity index (χ3v) is 8.01. The van der Waals surface area contributed by atoms with Gasteiger partial charge in [0.05, 0.1) is 10.4 Å². The summed E-state index contributed by atoms with van der Waals surface area (Å²) in [7, 11) is -3.81. The number of nitrogens with zero attached hydrogens (tertiary/aromatic N) is 1. The molecule has 1 fully saturated rings. The SMILES string of the molecule is C[C@@H]1[C@@H](C)CCC[C@H]1NC(=O)Cn1c(=O)oc2cc(S(=O)(=O)NCc3ccccc3)ccc21. The summed E-state index contributed by atoms with van der Waals surface area (Å²) in [6, 6.07) is 13.5. The number of aromatic nitrogens is 1. The van der Waals surface area contributed by atoms with Crippen LogP contribution in [0.4, 0.5) is 0 Å². The molecule has 8 nitrogen and oxygen atoms in total. The zero-order valence-corrected chi connectivity index (χ0v) is 19.6. The molecule has 1 amide bonds. The number of benzene rings is 2. The van der Waals surface area contributed by atoms with Crippen LogP contribution >= 0.6 is 0 Å². The Kier molecular flexibility index (Phi) is 6.71. The quantitative estimate of drug-likeness (QED) is 0.550. The van der Waals surface area contributed by atoms with Crippen LogP contribution in [-0.2, 0) is 27.9 Å². The molecular weight excluding hydrogens is 442 g/mol. The van der Waals surface area contributed by atoms with Gasteiger partial charge in [0.25, 0.3) is 0 Å². The number of hydrogen-bond acceptors (Lipinski definition) is 5. The van der Waals surface area contributed by atoms with Crippen LogP contribution in [0.15, 0.2) is 62.6 Å². The lowest BCUT2D eigenvalue weighted by atomic mass is 9.78. The number of sulfonamides is 1. The lowest BCUT2D eigenvalue weighted by Gasteiger charge is -2.34. The predicted molar refractivity (Wildman–Crippen MR) is 125 cm³/mol. The average molecular weight is 472 g/mol. The molecule has 4 rings (SSSR count). The van der Waals surface area contributed by atoms with Crippen molar-refractivity contribution in [3.8, 4) is 0 Å². The standard InChI is InChI=1S/C24H29N3O5S/c1-16-7-6-10-20(17(16)2)26-23(28)15-27-21-12-11-19(13-22(21)32-24(27)29)33(30,31)25-14-18-8-4-3-5-9-18/h3-5,8-9,11-13,16-17,20,25H,6-7,10,14-15H2,1-2H3,(H,26,28)/t16-,17+,20+/m0/s1. The summed E-state index contributed by atoms with van der Waals surface area (Å²) in [6.45, 7) is 4.30. The van der Waals surface area contributed by atoms with Crippen LogP contribution in [0.2, 0.25) is 0 Å². The Morgan fingerprint density at radius 2 is 1.88 bits per heavy atom. The first-order valence-electron chi connectivity index (χ1n) is 11.2. The largest absolute Gasteiger partial charge is 0.420 e. The highest BCUT2D eigenvalue weighted by Crippen LogP contribution is 2.29. The summed E-state index contributed by atoms with van der Waals surface area (Å²) in [5.41, 5.74) is 1.32. The molecule has 0 bridgehead atoms. The smallest absolute Gasteiger partial charge is 0.408 e. The number of rotatable bonds is 7. The zero-order valence-electron chi connectivity index (χ0n) is 18.8. The monoisotopic (exact) mass is 471 g/mol. The molecule has 0 unspecified atom stereocenters. The Balaban J connectivity index is 1.49. The Hall–Kier alpha value is -2.91. The predicted octanol–water partition coefficient (Wildman–Crippen LogP) is 3.01. The lowest BCUT2D eigenvalue weighted by molar-refractivity contribution is -0.123. The Labute approximate surface area is 193 Å². The second kappa shape index (κ2) is 9.52. The minimum absolute atomic E-state index is 0.0127. The summed E-state index contributed by atoms with van der Waals surface area (Å²) in [5.74, 6) is -0.0435. The average Bonchev–Trinajstić information content (AvgIpc) is 3.10. The van der Waals surface area contributed by atoms with Gasteiger partial charge in [-0.05, 0) is 36.0 Å². The molecule has 2 N–H and O–H groups in total. The molecule has 0 aliphatic heterocycles. The summed E-state index contributed by atoms with van der Waals surface area (Å²) in [5, 5.41) is 3.05. The van der Waals surface area contributed by atoms with Gasteiger partial charge in [-0.3, -0.25) is 9.36 Å². The first-order chi connectivity index (χ1) is 15.7. The molecule has 33 heavy (non-hydrogen) atoms. The number of carbonyl (C=O) groups excluding carboxylic acids is 1. The van der Waals surface area contributed by atoms with Crippen molar-refractivity contribution in [3.05, 3.63) is 64.6 Å². The molecule has 1 aliphatic rings. The summed E-state index contributed by atoms with van der Waals surface area (Å²) in [6.07, 6.45) is 3.15. The van der Waals surface area contributed by atoms with E-state index < -0.39 is 15.8 Å². The minimum Gasteiger partial charge on any atom is -0.408 e. The maximum absolute atomic E-state index is 12.7. The Morgan fingerprint density at radius 1 is 1.12 bits per heavy atom. The summed E-state index contributed by atoms with van der Waals surface area (Å²) >= 11 is 0. The van der Waals surface area contributed by atoms with Crippen LogP contribution in [-0.4, -0.2) is 24.9 Å². The van der Waals surface area contributed by atoms with Gasteiger partial charge in [0.2, 0.25) is 15.9 Å². The lowest BCUT2D eigenvalue weighted by Crippen LogP contribution is -2.45. The van der Waals surface area contributed by atoms with Gasteiger partial charge in [0, 0.05) is 18.7 Å². The molecule has 2 aromatic carbocycles. The summed E-state index contributed by atoms with van der Waals surface area (Å²) < 4.78 is 34.4. The van der Waals surface area contributed by atoms with Gasteiger partial charge >= 0.3 is 5.76 Å². The zero-order chi connectivity index (χ0) is 23.6. The second-order valence-corrected chi connectivity index (χ2v) is 10.6. The van der Waals surface area contributed by atoms with Gasteiger partial charge in [0.15, 0.2) is 5.58 Å². The van der Waals surface area contributed by atoms with Gasteiger partial charge in [-0.15, -0.1) is 0 Å². The van der Waals surface area contributed by atoms with E-state index in [1.807, 2.05) is 30.3 Å². The van der Waals surface area contributed by atoms with E-state index in [9.17, 15) is 18.0 Å². The molecule has 9 heteroatoms. The maximum Gasteiger partial charge on any atom is 0.420 e. The first kappa shape index (κ1) is 23.3. The first-order valence-corrected chi connectivity index (χ1v) is 12.7.